The molecule has 0 bridgehead atoms. The summed E-state index contributed by atoms with van der Waals surface area (Å²) in [7, 11) is 0. The first-order chi connectivity index (χ1) is 17.3. The summed E-state index contributed by atoms with van der Waals surface area (Å²) in [6.45, 7) is 1.23. The van der Waals surface area contributed by atoms with Crippen molar-refractivity contribution < 1.29 is 18.6 Å². The summed E-state index contributed by atoms with van der Waals surface area (Å²) in [5, 5.41) is 16.0. The number of rotatable bonds is 7. The van der Waals surface area contributed by atoms with E-state index in [0.717, 1.165) is 16.8 Å². The van der Waals surface area contributed by atoms with Gasteiger partial charge in [0.05, 0.1) is 24.0 Å². The van der Waals surface area contributed by atoms with Gasteiger partial charge in [-0.3, -0.25) is 14.3 Å². The molecule has 10 heteroatoms. The molecular formula is C26H27F2N5O3. The van der Waals surface area contributed by atoms with Crippen molar-refractivity contribution in [1.82, 2.24) is 24.2 Å². The number of alkyl halides is 2. The summed E-state index contributed by atoms with van der Waals surface area (Å²) in [6.07, 6.45) is 3.98. The summed E-state index contributed by atoms with van der Waals surface area (Å²) in [5.41, 5.74) is 2.13. The van der Waals surface area contributed by atoms with Crippen molar-refractivity contribution >= 4 is 11.0 Å². The van der Waals surface area contributed by atoms with Crippen LogP contribution in [0.5, 0.6) is 5.75 Å². The van der Waals surface area contributed by atoms with Gasteiger partial charge in [-0.2, -0.15) is 13.9 Å². The summed E-state index contributed by atoms with van der Waals surface area (Å²) in [5.74, 6) is 0.127. The zero-order valence-corrected chi connectivity index (χ0v) is 19.8. The molecule has 0 unspecified atom stereocenters. The standard InChI is InChI=1S/C26H27F2N5O3/c1-18-2-6-20(7-3-18)33-23-22(14-30-33)24(34)32(17-29-23)16-26(35)10-12-31(13-11-26)15-19-4-8-21(9-5-19)36-25(27)28/h2-9,14,17,25,35H,10-13,15-16H2,1H3. The minimum atomic E-state index is -2.84. The van der Waals surface area contributed by atoms with Crippen LogP contribution in [-0.2, 0) is 13.1 Å². The third-order valence-electron chi connectivity index (χ3n) is 6.64. The minimum absolute atomic E-state index is 0.127. The van der Waals surface area contributed by atoms with Gasteiger partial charge in [-0.1, -0.05) is 29.8 Å². The quantitative estimate of drug-likeness (QED) is 0.422. The van der Waals surface area contributed by atoms with Crippen LogP contribution < -0.4 is 10.3 Å². The van der Waals surface area contributed by atoms with Crippen molar-refractivity contribution in [2.45, 2.75) is 45.1 Å². The number of aryl methyl sites for hydroxylation is 1. The van der Waals surface area contributed by atoms with Crippen LogP contribution in [0.3, 0.4) is 0 Å². The Balaban J connectivity index is 1.24. The second-order valence-corrected chi connectivity index (χ2v) is 9.33. The highest BCUT2D eigenvalue weighted by molar-refractivity contribution is 5.74. The predicted octanol–water partition coefficient (Wildman–Crippen LogP) is 3.52. The van der Waals surface area contributed by atoms with E-state index < -0.39 is 12.2 Å². The molecule has 1 N–H and O–H groups in total. The van der Waals surface area contributed by atoms with Gasteiger partial charge in [-0.15, -0.1) is 0 Å². The van der Waals surface area contributed by atoms with E-state index in [2.05, 4.69) is 19.7 Å². The first-order valence-electron chi connectivity index (χ1n) is 11.8. The van der Waals surface area contributed by atoms with E-state index in [1.165, 1.54) is 29.2 Å². The van der Waals surface area contributed by atoms with Crippen molar-refractivity contribution in [2.75, 3.05) is 13.1 Å². The number of hydrogen-bond acceptors (Lipinski definition) is 6. The average molecular weight is 496 g/mol. The van der Waals surface area contributed by atoms with Gasteiger partial charge in [-0.25, -0.2) is 9.67 Å². The van der Waals surface area contributed by atoms with Gasteiger partial charge in [-0.05, 0) is 49.6 Å². The number of ether oxygens (including phenoxy) is 1. The Morgan fingerprint density at radius 3 is 2.44 bits per heavy atom. The maximum atomic E-state index is 13.1. The Bertz CT molecular complexity index is 1390. The fraction of sp³-hybridized carbons (Fsp3) is 0.346. The van der Waals surface area contributed by atoms with Crippen LogP contribution >= 0.6 is 0 Å². The Hall–Kier alpha value is -3.63. The molecule has 3 heterocycles. The maximum Gasteiger partial charge on any atom is 0.387 e. The first kappa shape index (κ1) is 24.1. The topological polar surface area (TPSA) is 85.4 Å². The molecular weight excluding hydrogens is 468 g/mol. The number of halogens is 2. The number of nitrogens with zero attached hydrogens (tertiary/aromatic N) is 5. The number of hydrogen-bond donors (Lipinski definition) is 1. The fourth-order valence-electron chi connectivity index (χ4n) is 4.57. The van der Waals surface area contributed by atoms with Crippen LogP contribution in [0.25, 0.3) is 16.7 Å². The third kappa shape index (κ3) is 5.14. The normalized spacial score (nSPS) is 16.0. The van der Waals surface area contributed by atoms with Gasteiger partial charge in [0.25, 0.3) is 5.56 Å². The molecule has 0 spiro atoms. The van der Waals surface area contributed by atoms with E-state index in [0.29, 0.717) is 43.5 Å². The zero-order valence-electron chi connectivity index (χ0n) is 19.8. The molecule has 8 nitrogen and oxygen atoms in total. The predicted molar refractivity (Wildman–Crippen MR) is 130 cm³/mol. The Morgan fingerprint density at radius 1 is 1.08 bits per heavy atom. The smallest absolute Gasteiger partial charge is 0.387 e. The van der Waals surface area contributed by atoms with Crippen molar-refractivity contribution in [3.8, 4) is 11.4 Å². The molecule has 2 aromatic carbocycles. The van der Waals surface area contributed by atoms with Crippen molar-refractivity contribution in [1.29, 1.82) is 0 Å². The summed E-state index contributed by atoms with van der Waals surface area (Å²) in [6, 6.07) is 14.4. The van der Waals surface area contributed by atoms with E-state index in [1.54, 1.807) is 16.8 Å². The third-order valence-corrected chi connectivity index (χ3v) is 6.64. The van der Waals surface area contributed by atoms with Gasteiger partial charge < -0.3 is 9.84 Å². The monoisotopic (exact) mass is 495 g/mol. The van der Waals surface area contributed by atoms with E-state index in [9.17, 15) is 18.7 Å². The first-order valence-corrected chi connectivity index (χ1v) is 11.8. The van der Waals surface area contributed by atoms with Crippen LogP contribution in [0.2, 0.25) is 0 Å². The molecule has 1 fully saturated rings. The highest BCUT2D eigenvalue weighted by Gasteiger charge is 2.33. The second-order valence-electron chi connectivity index (χ2n) is 9.33. The summed E-state index contributed by atoms with van der Waals surface area (Å²) >= 11 is 0. The Kier molecular flexibility index (Phi) is 6.55. The van der Waals surface area contributed by atoms with E-state index in [-0.39, 0.29) is 17.9 Å². The molecule has 0 amide bonds. The van der Waals surface area contributed by atoms with Gasteiger partial charge in [0.2, 0.25) is 0 Å². The molecule has 4 aromatic rings. The van der Waals surface area contributed by atoms with Crippen LogP contribution in [0, 0.1) is 6.92 Å². The van der Waals surface area contributed by atoms with Crippen LogP contribution in [0.4, 0.5) is 8.78 Å². The maximum absolute atomic E-state index is 13.1. The molecule has 5 rings (SSSR count). The molecule has 1 aliphatic rings. The number of piperidine rings is 1. The van der Waals surface area contributed by atoms with E-state index in [4.69, 9.17) is 0 Å². The Morgan fingerprint density at radius 2 is 1.78 bits per heavy atom. The van der Waals surface area contributed by atoms with Gasteiger partial charge in [0, 0.05) is 19.6 Å². The number of benzene rings is 2. The lowest BCUT2D eigenvalue weighted by molar-refractivity contribution is -0.0498. The minimum Gasteiger partial charge on any atom is -0.435 e. The van der Waals surface area contributed by atoms with Crippen LogP contribution in [0.1, 0.15) is 24.0 Å². The zero-order chi connectivity index (χ0) is 25.3. The molecule has 36 heavy (non-hydrogen) atoms. The number of aromatic nitrogens is 4. The fourth-order valence-corrected chi connectivity index (χ4v) is 4.57. The van der Waals surface area contributed by atoms with Gasteiger partial charge in [0.1, 0.15) is 17.5 Å². The van der Waals surface area contributed by atoms with E-state index in [1.807, 2.05) is 31.2 Å². The lowest BCUT2D eigenvalue weighted by atomic mass is 9.91. The molecule has 188 valence electrons. The molecule has 0 atom stereocenters. The number of fused-ring (bicyclic) bond motifs is 1. The molecule has 1 aliphatic heterocycles. The lowest BCUT2D eigenvalue weighted by Gasteiger charge is -2.38. The highest BCUT2D eigenvalue weighted by Crippen LogP contribution is 2.26. The average Bonchev–Trinajstić information content (AvgIpc) is 3.29. The SMILES string of the molecule is Cc1ccc(-n2ncc3c(=O)n(CC4(O)CCN(Cc5ccc(OC(F)F)cc5)CC4)cnc32)cc1. The number of likely N-dealkylation sites (tertiary alicyclic amines) is 1. The molecule has 2 aromatic heterocycles. The molecule has 0 aliphatic carbocycles. The Labute approximate surface area is 206 Å². The van der Waals surface area contributed by atoms with Gasteiger partial charge in [0.15, 0.2) is 5.65 Å². The largest absolute Gasteiger partial charge is 0.435 e. The van der Waals surface area contributed by atoms with Crippen LogP contribution in [0.15, 0.2) is 65.8 Å². The van der Waals surface area contributed by atoms with E-state index >= 15 is 0 Å². The van der Waals surface area contributed by atoms with Crippen molar-refractivity contribution in [2.24, 2.45) is 0 Å². The van der Waals surface area contributed by atoms with Crippen molar-refractivity contribution in [3.63, 3.8) is 0 Å². The molecule has 0 radical (unpaired) electrons. The highest BCUT2D eigenvalue weighted by atomic mass is 19.3. The van der Waals surface area contributed by atoms with Crippen molar-refractivity contribution in [3.05, 3.63) is 82.5 Å². The van der Waals surface area contributed by atoms with Gasteiger partial charge >= 0.3 is 6.61 Å². The van der Waals surface area contributed by atoms with Crippen LogP contribution in [-0.4, -0.2) is 54.6 Å². The summed E-state index contributed by atoms with van der Waals surface area (Å²) in [4.78, 5) is 19.8. The second kappa shape index (κ2) is 9.79. The molecule has 1 saturated heterocycles. The summed E-state index contributed by atoms with van der Waals surface area (Å²) < 4.78 is 32.1. The number of aliphatic hydroxyl groups is 1. The lowest BCUT2D eigenvalue weighted by Crippen LogP contribution is -2.47. The molecule has 0 saturated carbocycles.